The van der Waals surface area contributed by atoms with Gasteiger partial charge in [0, 0.05) is 36.8 Å². The lowest BCUT2D eigenvalue weighted by Crippen LogP contribution is -2.38. The van der Waals surface area contributed by atoms with Crippen molar-refractivity contribution in [2.75, 3.05) is 13.1 Å². The quantitative estimate of drug-likeness (QED) is 0.753. The fourth-order valence-corrected chi connectivity index (χ4v) is 2.23. The van der Waals surface area contributed by atoms with E-state index in [2.05, 4.69) is 4.98 Å². The number of hydrogen-bond acceptors (Lipinski definition) is 4. The van der Waals surface area contributed by atoms with Crippen molar-refractivity contribution in [3.05, 3.63) is 27.7 Å². The number of H-pyrrole nitrogens is 1. The molecule has 110 valence electrons. The average Bonchev–Trinajstić information content (AvgIpc) is 2.49. The highest BCUT2D eigenvalue weighted by molar-refractivity contribution is 5.68. The number of aromatic nitrogens is 1. The molecule has 1 amide bonds. The van der Waals surface area contributed by atoms with Crippen LogP contribution in [0.1, 0.15) is 32.0 Å². The summed E-state index contributed by atoms with van der Waals surface area (Å²) in [5.74, 6) is -0.00483. The number of fused-ring (bicyclic) bond motifs is 1. The van der Waals surface area contributed by atoms with Crippen molar-refractivity contribution in [2.45, 2.75) is 39.2 Å². The molecule has 20 heavy (non-hydrogen) atoms. The number of aromatic amines is 1. The Hall–Kier alpha value is -1.98. The van der Waals surface area contributed by atoms with Gasteiger partial charge >= 0.3 is 6.09 Å². The number of carbonyl (C=O) groups is 1. The molecule has 0 saturated heterocycles. The number of carbonyl (C=O) groups excluding carboxylic acids is 1. The largest absolute Gasteiger partial charge is 0.507 e. The number of ether oxygens (including phenoxy) is 1. The average molecular weight is 280 g/mol. The van der Waals surface area contributed by atoms with Gasteiger partial charge in [0.2, 0.25) is 0 Å². The van der Waals surface area contributed by atoms with Gasteiger partial charge in [-0.1, -0.05) is 0 Å². The zero-order valence-electron chi connectivity index (χ0n) is 12.0. The first-order valence-electron chi connectivity index (χ1n) is 6.68. The molecule has 2 rings (SSSR count). The van der Waals surface area contributed by atoms with Gasteiger partial charge in [0.25, 0.3) is 5.56 Å². The van der Waals surface area contributed by atoms with E-state index in [9.17, 15) is 14.7 Å². The molecular formula is C14H20N2O4. The molecule has 6 heteroatoms. The number of hydrogen-bond donors (Lipinski definition) is 2. The Bertz CT molecular complexity index is 572. The fraction of sp³-hybridized carbons (Fsp3) is 0.571. The summed E-state index contributed by atoms with van der Waals surface area (Å²) in [6, 6.07) is 1.17. The van der Waals surface area contributed by atoms with Crippen LogP contribution < -0.4 is 5.56 Å². The smallest absolute Gasteiger partial charge is 0.410 e. The number of nitrogens with zero attached hydrogens (tertiary/aromatic N) is 1. The van der Waals surface area contributed by atoms with Crippen molar-refractivity contribution in [3.8, 4) is 5.75 Å². The zero-order chi connectivity index (χ0) is 14.9. The van der Waals surface area contributed by atoms with E-state index in [0.29, 0.717) is 37.2 Å². The highest BCUT2D eigenvalue weighted by Crippen LogP contribution is 2.22. The maximum absolute atomic E-state index is 12.0. The number of rotatable bonds is 0. The van der Waals surface area contributed by atoms with Gasteiger partial charge in [-0.3, -0.25) is 4.79 Å². The lowest BCUT2D eigenvalue weighted by molar-refractivity contribution is 0.0258. The molecule has 1 aromatic heterocycles. The van der Waals surface area contributed by atoms with Crippen molar-refractivity contribution < 1.29 is 14.6 Å². The van der Waals surface area contributed by atoms with Crippen LogP contribution in [0.2, 0.25) is 0 Å². The van der Waals surface area contributed by atoms with Crippen LogP contribution in [-0.2, 0) is 17.6 Å². The number of pyridine rings is 1. The van der Waals surface area contributed by atoms with Crippen molar-refractivity contribution in [3.63, 3.8) is 0 Å². The zero-order valence-corrected chi connectivity index (χ0v) is 12.0. The molecule has 0 unspecified atom stereocenters. The van der Waals surface area contributed by atoms with Gasteiger partial charge in [0.1, 0.15) is 11.4 Å². The Labute approximate surface area is 117 Å². The maximum atomic E-state index is 12.0. The van der Waals surface area contributed by atoms with Gasteiger partial charge in [-0.05, 0) is 27.2 Å². The Morgan fingerprint density at radius 2 is 2.00 bits per heavy atom. The van der Waals surface area contributed by atoms with E-state index in [-0.39, 0.29) is 17.4 Å². The van der Waals surface area contributed by atoms with Crippen molar-refractivity contribution in [1.82, 2.24) is 9.88 Å². The Balaban J connectivity index is 2.14. The first kappa shape index (κ1) is 14.4. The maximum Gasteiger partial charge on any atom is 0.410 e. The van der Waals surface area contributed by atoms with Crippen LogP contribution >= 0.6 is 0 Å². The fourth-order valence-electron chi connectivity index (χ4n) is 2.23. The summed E-state index contributed by atoms with van der Waals surface area (Å²) < 4.78 is 5.34. The minimum absolute atomic E-state index is 0.00483. The van der Waals surface area contributed by atoms with E-state index in [0.717, 1.165) is 0 Å². The number of amides is 1. The minimum Gasteiger partial charge on any atom is -0.507 e. The lowest BCUT2D eigenvalue weighted by atomic mass is 10.1. The Morgan fingerprint density at radius 3 is 2.65 bits per heavy atom. The first-order valence-corrected chi connectivity index (χ1v) is 6.68. The van der Waals surface area contributed by atoms with E-state index < -0.39 is 5.60 Å². The summed E-state index contributed by atoms with van der Waals surface area (Å²) in [6.45, 7) is 6.38. The molecule has 6 nitrogen and oxygen atoms in total. The van der Waals surface area contributed by atoms with E-state index >= 15 is 0 Å². The molecule has 0 atom stereocenters. The molecule has 2 heterocycles. The third kappa shape index (κ3) is 3.31. The number of aromatic hydroxyl groups is 1. The summed E-state index contributed by atoms with van der Waals surface area (Å²) in [4.78, 5) is 27.7. The second-order valence-electron chi connectivity index (χ2n) is 5.94. The first-order chi connectivity index (χ1) is 9.26. The predicted molar refractivity (Wildman–Crippen MR) is 73.9 cm³/mol. The predicted octanol–water partition coefficient (Wildman–Crippen LogP) is 1.42. The van der Waals surface area contributed by atoms with Gasteiger partial charge < -0.3 is 19.7 Å². The Kier molecular flexibility index (Phi) is 3.74. The lowest BCUT2D eigenvalue weighted by Gasteiger charge is -2.26. The molecule has 0 saturated carbocycles. The van der Waals surface area contributed by atoms with Crippen molar-refractivity contribution in [2.24, 2.45) is 0 Å². The molecular weight excluding hydrogens is 260 g/mol. The summed E-state index contributed by atoms with van der Waals surface area (Å²) in [7, 11) is 0. The van der Waals surface area contributed by atoms with Crippen LogP contribution in [0.15, 0.2) is 10.9 Å². The minimum atomic E-state index is -0.535. The highest BCUT2D eigenvalue weighted by Gasteiger charge is 2.25. The normalized spacial score (nSPS) is 15.4. The van der Waals surface area contributed by atoms with Gasteiger partial charge in [0.15, 0.2) is 0 Å². The monoisotopic (exact) mass is 280 g/mol. The van der Waals surface area contributed by atoms with Crippen LogP contribution in [0.3, 0.4) is 0 Å². The highest BCUT2D eigenvalue weighted by atomic mass is 16.6. The summed E-state index contributed by atoms with van der Waals surface area (Å²) >= 11 is 0. The summed E-state index contributed by atoms with van der Waals surface area (Å²) in [5, 5.41) is 9.82. The van der Waals surface area contributed by atoms with E-state index in [4.69, 9.17) is 4.74 Å². The third-order valence-corrected chi connectivity index (χ3v) is 3.13. The van der Waals surface area contributed by atoms with Crippen LogP contribution in [0.5, 0.6) is 5.75 Å². The second kappa shape index (κ2) is 5.19. The van der Waals surface area contributed by atoms with Crippen LogP contribution in [0, 0.1) is 0 Å². The molecule has 0 fully saturated rings. The van der Waals surface area contributed by atoms with Gasteiger partial charge in [-0.25, -0.2) is 4.79 Å². The molecule has 0 aromatic carbocycles. The molecule has 1 aliphatic heterocycles. The summed E-state index contributed by atoms with van der Waals surface area (Å²) in [6.07, 6.45) is 0.627. The number of nitrogens with one attached hydrogen (secondary N) is 1. The standard InChI is InChI=1S/C14H20N2O4/c1-14(2,3)20-13(19)16-6-4-9-10(5-7-16)15-12(18)8-11(9)17/h8H,4-7H2,1-3H3,(H2,15,17,18). The molecule has 1 aliphatic rings. The van der Waals surface area contributed by atoms with E-state index in [1.165, 1.54) is 6.07 Å². The van der Waals surface area contributed by atoms with Gasteiger partial charge in [-0.2, -0.15) is 0 Å². The van der Waals surface area contributed by atoms with Crippen molar-refractivity contribution >= 4 is 6.09 Å². The second-order valence-corrected chi connectivity index (χ2v) is 5.94. The van der Waals surface area contributed by atoms with E-state index in [1.807, 2.05) is 20.8 Å². The SMILES string of the molecule is CC(C)(C)OC(=O)N1CCc2[nH]c(=O)cc(O)c2CC1. The molecule has 0 spiro atoms. The molecule has 0 radical (unpaired) electrons. The van der Waals surface area contributed by atoms with Crippen LogP contribution in [0.25, 0.3) is 0 Å². The third-order valence-electron chi connectivity index (χ3n) is 3.13. The van der Waals surface area contributed by atoms with E-state index in [1.54, 1.807) is 4.90 Å². The topological polar surface area (TPSA) is 82.6 Å². The molecule has 1 aromatic rings. The van der Waals surface area contributed by atoms with Crippen LogP contribution in [0.4, 0.5) is 4.79 Å². The molecule has 0 aliphatic carbocycles. The van der Waals surface area contributed by atoms with Gasteiger partial charge in [0.05, 0.1) is 0 Å². The molecule has 0 bridgehead atoms. The van der Waals surface area contributed by atoms with Gasteiger partial charge in [-0.15, -0.1) is 0 Å². The molecule has 2 N–H and O–H groups in total. The van der Waals surface area contributed by atoms with Crippen molar-refractivity contribution in [1.29, 1.82) is 0 Å². The van der Waals surface area contributed by atoms with Crippen LogP contribution in [-0.4, -0.2) is 39.8 Å². The Morgan fingerprint density at radius 1 is 1.35 bits per heavy atom. The summed E-state index contributed by atoms with van der Waals surface area (Å²) in [5.41, 5.74) is 0.538.